The van der Waals surface area contributed by atoms with Crippen LogP contribution < -0.4 is 5.32 Å². The topological polar surface area (TPSA) is 66.5 Å². The maximum Gasteiger partial charge on any atom is 0.225 e. The third-order valence-electron chi connectivity index (χ3n) is 3.04. The number of rotatable bonds is 7. The molecule has 1 rings (SSSR count). The number of anilines is 1. The van der Waals surface area contributed by atoms with Gasteiger partial charge in [0.2, 0.25) is 15.9 Å². The van der Waals surface area contributed by atoms with E-state index < -0.39 is 10.0 Å². The van der Waals surface area contributed by atoms with E-state index in [1.165, 1.54) is 10.6 Å². The van der Waals surface area contributed by atoms with Crippen molar-refractivity contribution in [2.24, 2.45) is 0 Å². The molecule has 0 heterocycles. The number of nitrogens with one attached hydrogen (secondary N) is 1. The van der Waals surface area contributed by atoms with E-state index in [9.17, 15) is 13.2 Å². The Balaban J connectivity index is 2.61. The highest BCUT2D eigenvalue weighted by Gasteiger charge is 2.16. The van der Waals surface area contributed by atoms with E-state index in [2.05, 4.69) is 5.32 Å². The van der Waals surface area contributed by atoms with E-state index in [0.717, 1.165) is 23.2 Å². The van der Waals surface area contributed by atoms with E-state index >= 15 is 0 Å². The van der Waals surface area contributed by atoms with E-state index in [0.29, 0.717) is 6.54 Å². The molecule has 0 bridgehead atoms. The summed E-state index contributed by atoms with van der Waals surface area (Å²) in [7, 11) is -3.26. The molecular weight excluding hydrogens is 288 g/mol. The Kier molecular flexibility index (Phi) is 6.36. The Morgan fingerprint density at radius 3 is 2.19 bits per heavy atom. The van der Waals surface area contributed by atoms with E-state index in [4.69, 9.17) is 0 Å². The summed E-state index contributed by atoms with van der Waals surface area (Å²) >= 11 is 0. The molecule has 21 heavy (non-hydrogen) atoms. The molecular formula is C15H24N2O3S. The molecule has 0 aromatic heterocycles. The van der Waals surface area contributed by atoms with Gasteiger partial charge < -0.3 is 5.32 Å². The molecule has 0 aliphatic rings. The summed E-state index contributed by atoms with van der Waals surface area (Å²) in [4.78, 5) is 11.9. The minimum Gasteiger partial charge on any atom is -0.326 e. The van der Waals surface area contributed by atoms with Crippen LogP contribution in [0.3, 0.4) is 0 Å². The number of amides is 1. The van der Waals surface area contributed by atoms with Crippen molar-refractivity contribution in [3.63, 3.8) is 0 Å². The molecule has 1 aromatic rings. The van der Waals surface area contributed by atoms with Crippen LogP contribution in [0.2, 0.25) is 0 Å². The van der Waals surface area contributed by atoms with Gasteiger partial charge in [0.15, 0.2) is 0 Å². The van der Waals surface area contributed by atoms with E-state index in [1.54, 1.807) is 0 Å². The van der Waals surface area contributed by atoms with Gasteiger partial charge in [-0.15, -0.1) is 0 Å². The van der Waals surface area contributed by atoms with Gasteiger partial charge in [-0.05, 0) is 43.5 Å². The van der Waals surface area contributed by atoms with Crippen LogP contribution in [0.15, 0.2) is 18.2 Å². The SMILES string of the molecule is CCCN(CCC(=O)Nc1cc(C)cc(C)c1)S(C)(=O)=O. The first kappa shape index (κ1) is 17.7. The second-order valence-electron chi connectivity index (χ2n) is 5.34. The molecule has 0 saturated carbocycles. The number of carbonyl (C=O) groups excluding carboxylic acids is 1. The molecule has 0 unspecified atom stereocenters. The largest absolute Gasteiger partial charge is 0.326 e. The Morgan fingerprint density at radius 1 is 1.14 bits per heavy atom. The molecule has 0 aliphatic heterocycles. The fraction of sp³-hybridized carbons (Fsp3) is 0.533. The van der Waals surface area contributed by atoms with E-state index in [1.807, 2.05) is 39.0 Å². The minimum atomic E-state index is -3.26. The fourth-order valence-corrected chi connectivity index (χ4v) is 3.13. The normalized spacial score (nSPS) is 11.7. The number of carbonyl (C=O) groups is 1. The number of hydrogen-bond donors (Lipinski definition) is 1. The zero-order valence-corrected chi connectivity index (χ0v) is 14.0. The number of hydrogen-bond acceptors (Lipinski definition) is 3. The summed E-state index contributed by atoms with van der Waals surface area (Å²) < 4.78 is 24.5. The molecule has 0 atom stereocenters. The van der Waals surface area contributed by atoms with Crippen LogP contribution in [-0.4, -0.2) is 38.0 Å². The van der Waals surface area contributed by atoms with Gasteiger partial charge in [-0.2, -0.15) is 0 Å². The fourth-order valence-electron chi connectivity index (χ4n) is 2.19. The third kappa shape index (κ3) is 6.27. The van der Waals surface area contributed by atoms with Gasteiger partial charge >= 0.3 is 0 Å². The monoisotopic (exact) mass is 312 g/mol. The Morgan fingerprint density at radius 2 is 1.71 bits per heavy atom. The van der Waals surface area contributed by atoms with Crippen LogP contribution in [-0.2, 0) is 14.8 Å². The van der Waals surface area contributed by atoms with Crippen molar-refractivity contribution >= 4 is 21.6 Å². The average Bonchev–Trinajstić information content (AvgIpc) is 2.31. The van der Waals surface area contributed by atoms with Crippen molar-refractivity contribution in [3.8, 4) is 0 Å². The maximum atomic E-state index is 11.9. The van der Waals surface area contributed by atoms with Crippen LogP contribution >= 0.6 is 0 Å². The number of aryl methyl sites for hydroxylation is 2. The van der Waals surface area contributed by atoms with Gasteiger partial charge in [0.1, 0.15) is 0 Å². The summed E-state index contributed by atoms with van der Waals surface area (Å²) in [5.41, 5.74) is 2.90. The van der Waals surface area contributed by atoms with Crippen LogP contribution in [0.4, 0.5) is 5.69 Å². The zero-order valence-electron chi connectivity index (χ0n) is 13.1. The molecule has 6 heteroatoms. The second-order valence-corrected chi connectivity index (χ2v) is 7.32. The van der Waals surface area contributed by atoms with Gasteiger partial charge in [-0.1, -0.05) is 13.0 Å². The summed E-state index contributed by atoms with van der Waals surface area (Å²) in [6, 6.07) is 5.82. The summed E-state index contributed by atoms with van der Waals surface area (Å²) in [5, 5.41) is 2.81. The first-order valence-corrected chi connectivity index (χ1v) is 8.90. The molecule has 118 valence electrons. The smallest absolute Gasteiger partial charge is 0.225 e. The Labute approximate surface area is 127 Å². The molecule has 0 fully saturated rings. The number of nitrogens with zero attached hydrogens (tertiary/aromatic N) is 1. The highest BCUT2D eigenvalue weighted by Crippen LogP contribution is 2.14. The van der Waals surface area contributed by atoms with Crippen molar-refractivity contribution < 1.29 is 13.2 Å². The number of sulfonamides is 1. The standard InChI is InChI=1S/C15H24N2O3S/c1-5-7-17(21(4,19)20)8-6-15(18)16-14-10-12(2)9-13(3)11-14/h9-11H,5-8H2,1-4H3,(H,16,18). The highest BCUT2D eigenvalue weighted by atomic mass is 32.2. The predicted octanol–water partition coefficient (Wildman–Crippen LogP) is 2.30. The molecule has 0 spiro atoms. The molecule has 0 radical (unpaired) electrons. The lowest BCUT2D eigenvalue weighted by Crippen LogP contribution is -2.33. The van der Waals surface area contributed by atoms with Gasteiger partial charge in [0.25, 0.3) is 0 Å². The van der Waals surface area contributed by atoms with Crippen LogP contribution in [0.5, 0.6) is 0 Å². The highest BCUT2D eigenvalue weighted by molar-refractivity contribution is 7.88. The molecule has 5 nitrogen and oxygen atoms in total. The maximum absolute atomic E-state index is 11.9. The lowest BCUT2D eigenvalue weighted by Gasteiger charge is -2.18. The van der Waals surface area contributed by atoms with Crippen LogP contribution in [0.25, 0.3) is 0 Å². The van der Waals surface area contributed by atoms with Crippen LogP contribution in [0, 0.1) is 13.8 Å². The van der Waals surface area contributed by atoms with Crippen molar-refractivity contribution in [1.29, 1.82) is 0 Å². The predicted molar refractivity (Wildman–Crippen MR) is 85.9 cm³/mol. The van der Waals surface area contributed by atoms with Gasteiger partial charge in [-0.3, -0.25) is 4.79 Å². The summed E-state index contributed by atoms with van der Waals surface area (Å²) in [6.45, 7) is 6.50. The van der Waals surface area contributed by atoms with E-state index in [-0.39, 0.29) is 18.9 Å². The summed E-state index contributed by atoms with van der Waals surface area (Å²) in [5.74, 6) is -0.176. The molecule has 1 N–H and O–H groups in total. The lowest BCUT2D eigenvalue weighted by atomic mass is 10.1. The lowest BCUT2D eigenvalue weighted by molar-refractivity contribution is -0.116. The first-order valence-electron chi connectivity index (χ1n) is 7.05. The third-order valence-corrected chi connectivity index (χ3v) is 4.34. The van der Waals surface area contributed by atoms with Gasteiger partial charge in [0, 0.05) is 25.2 Å². The quantitative estimate of drug-likeness (QED) is 0.840. The van der Waals surface area contributed by atoms with Gasteiger partial charge in [0.05, 0.1) is 6.26 Å². The van der Waals surface area contributed by atoms with Crippen LogP contribution in [0.1, 0.15) is 30.9 Å². The van der Waals surface area contributed by atoms with Crippen molar-refractivity contribution in [2.75, 3.05) is 24.7 Å². The van der Waals surface area contributed by atoms with Crippen molar-refractivity contribution in [1.82, 2.24) is 4.31 Å². The first-order chi connectivity index (χ1) is 9.72. The number of benzene rings is 1. The molecule has 1 aromatic carbocycles. The molecule has 0 saturated heterocycles. The van der Waals surface area contributed by atoms with Gasteiger partial charge in [-0.25, -0.2) is 12.7 Å². The molecule has 0 aliphatic carbocycles. The average molecular weight is 312 g/mol. The minimum absolute atomic E-state index is 0.153. The zero-order chi connectivity index (χ0) is 16.0. The summed E-state index contributed by atoms with van der Waals surface area (Å²) in [6.07, 6.45) is 2.05. The Bertz CT molecular complexity index is 577. The van der Waals surface area contributed by atoms with Crippen molar-refractivity contribution in [3.05, 3.63) is 29.3 Å². The Hall–Kier alpha value is -1.40. The van der Waals surface area contributed by atoms with Crippen molar-refractivity contribution in [2.45, 2.75) is 33.6 Å². The molecule has 1 amide bonds. The second kappa shape index (κ2) is 7.56.